The van der Waals surface area contributed by atoms with Gasteiger partial charge in [0.05, 0.1) is 12.0 Å². The average Bonchev–Trinajstić information content (AvgIpc) is 2.82. The fraction of sp³-hybridized carbons (Fsp3) is 0.333. The monoisotopic (exact) mass is 315 g/mol. The van der Waals surface area contributed by atoms with E-state index in [9.17, 15) is 13.2 Å². The maximum absolute atomic E-state index is 12.5. The van der Waals surface area contributed by atoms with Gasteiger partial charge in [0.2, 0.25) is 10.0 Å². The number of aliphatic carboxylic acids is 1. The number of carbonyl (C=O) groups is 1. The van der Waals surface area contributed by atoms with Gasteiger partial charge in [0.15, 0.2) is 0 Å². The Bertz CT molecular complexity index is 638. The van der Waals surface area contributed by atoms with Crippen molar-refractivity contribution >= 4 is 33.1 Å². The van der Waals surface area contributed by atoms with Gasteiger partial charge in [-0.2, -0.15) is 4.31 Å². The van der Waals surface area contributed by atoms with E-state index in [1.807, 2.05) is 0 Å². The fourth-order valence-corrected chi connectivity index (χ4v) is 3.97. The van der Waals surface area contributed by atoms with Crippen LogP contribution in [0.15, 0.2) is 29.2 Å². The number of carboxylic acids is 1. The molecular weight excluding hydrogens is 302 g/mol. The van der Waals surface area contributed by atoms with E-state index in [4.69, 9.17) is 22.1 Å². The molecule has 1 N–H and O–H groups in total. The molecule has 1 aliphatic rings. The quantitative estimate of drug-likeness (QED) is 0.832. The molecule has 2 rings (SSSR count). The molecular formula is C12H13NO5S2. The van der Waals surface area contributed by atoms with Crippen LogP contribution >= 0.6 is 12.2 Å². The Kier molecular flexibility index (Phi) is 4.07. The Balaban J connectivity index is 2.38. The summed E-state index contributed by atoms with van der Waals surface area (Å²) in [4.78, 5) is 11.6. The van der Waals surface area contributed by atoms with Gasteiger partial charge in [-0.3, -0.25) is 4.79 Å². The molecule has 0 spiro atoms. The maximum Gasteiger partial charge on any atom is 0.322 e. The lowest BCUT2D eigenvalue weighted by Crippen LogP contribution is -2.40. The summed E-state index contributed by atoms with van der Waals surface area (Å²) < 4.78 is 30.8. The molecule has 0 aromatic heterocycles. The molecule has 0 bridgehead atoms. The van der Waals surface area contributed by atoms with Gasteiger partial charge in [0.1, 0.15) is 11.8 Å². The predicted molar refractivity (Wildman–Crippen MR) is 75.5 cm³/mol. The van der Waals surface area contributed by atoms with E-state index in [2.05, 4.69) is 0 Å². The highest BCUT2D eigenvalue weighted by atomic mass is 32.2. The Morgan fingerprint density at radius 1 is 1.40 bits per heavy atom. The molecule has 1 aliphatic heterocycles. The summed E-state index contributed by atoms with van der Waals surface area (Å²) in [5.74, 6) is -0.669. The molecule has 8 heteroatoms. The van der Waals surface area contributed by atoms with E-state index < -0.39 is 22.0 Å². The largest absolute Gasteiger partial charge is 0.497 e. The van der Waals surface area contributed by atoms with Crippen molar-refractivity contribution in [2.75, 3.05) is 13.7 Å². The summed E-state index contributed by atoms with van der Waals surface area (Å²) >= 11 is 4.96. The van der Waals surface area contributed by atoms with E-state index in [-0.39, 0.29) is 17.9 Å². The molecule has 1 aromatic carbocycles. The highest BCUT2D eigenvalue weighted by molar-refractivity contribution is 7.89. The normalized spacial score (nSPS) is 20.1. The van der Waals surface area contributed by atoms with Gasteiger partial charge in [0.25, 0.3) is 0 Å². The van der Waals surface area contributed by atoms with Crippen molar-refractivity contribution in [1.82, 2.24) is 4.31 Å². The number of hydrogen-bond acceptors (Lipinski definition) is 5. The Hall–Kier alpha value is -1.51. The SMILES string of the molecule is COc1ccc(S(=O)(=O)N2CC(=S)C[C@H]2C(=O)O)cc1. The molecule has 0 radical (unpaired) electrons. The van der Waals surface area contributed by atoms with Gasteiger partial charge in [-0.05, 0) is 24.3 Å². The van der Waals surface area contributed by atoms with Crippen molar-refractivity contribution in [3.8, 4) is 5.75 Å². The van der Waals surface area contributed by atoms with E-state index in [1.54, 1.807) is 0 Å². The summed E-state index contributed by atoms with van der Waals surface area (Å²) in [5.41, 5.74) is 0. The molecule has 6 nitrogen and oxygen atoms in total. The third-order valence-corrected chi connectivity index (χ3v) is 5.22. The molecule has 1 atom stereocenters. The second-order valence-corrected chi connectivity index (χ2v) is 6.79. The lowest BCUT2D eigenvalue weighted by Gasteiger charge is -2.20. The summed E-state index contributed by atoms with van der Waals surface area (Å²) in [5, 5.41) is 9.11. The number of carboxylic acid groups (broad SMARTS) is 1. The number of nitrogens with zero attached hydrogens (tertiary/aromatic N) is 1. The van der Waals surface area contributed by atoms with Crippen LogP contribution in [0.4, 0.5) is 0 Å². The number of rotatable bonds is 4. The zero-order valence-corrected chi connectivity index (χ0v) is 12.3. The van der Waals surface area contributed by atoms with Crippen LogP contribution in [0.3, 0.4) is 0 Å². The van der Waals surface area contributed by atoms with Gasteiger partial charge in [0, 0.05) is 17.8 Å². The first-order valence-corrected chi connectivity index (χ1v) is 7.61. The maximum atomic E-state index is 12.5. The fourth-order valence-electron chi connectivity index (χ4n) is 2.01. The van der Waals surface area contributed by atoms with Gasteiger partial charge < -0.3 is 9.84 Å². The molecule has 0 saturated carbocycles. The first-order chi connectivity index (χ1) is 9.36. The molecule has 0 amide bonds. The summed E-state index contributed by atoms with van der Waals surface area (Å²) in [6.07, 6.45) is 0.0695. The molecule has 108 valence electrons. The lowest BCUT2D eigenvalue weighted by atomic mass is 10.2. The minimum atomic E-state index is -3.88. The number of ether oxygens (including phenoxy) is 1. The zero-order valence-electron chi connectivity index (χ0n) is 10.6. The highest BCUT2D eigenvalue weighted by Gasteiger charge is 2.41. The van der Waals surface area contributed by atoms with Crippen molar-refractivity contribution in [3.05, 3.63) is 24.3 Å². The number of thiocarbonyl (C=S) groups is 1. The van der Waals surface area contributed by atoms with Gasteiger partial charge in [-0.1, -0.05) is 12.2 Å². The van der Waals surface area contributed by atoms with E-state index in [0.29, 0.717) is 10.6 Å². The smallest absolute Gasteiger partial charge is 0.322 e. The van der Waals surface area contributed by atoms with Crippen LogP contribution < -0.4 is 4.74 Å². The average molecular weight is 315 g/mol. The summed E-state index contributed by atoms with van der Waals surface area (Å²) in [6, 6.07) is 4.66. The summed E-state index contributed by atoms with van der Waals surface area (Å²) in [7, 11) is -2.41. The number of sulfonamides is 1. The first-order valence-electron chi connectivity index (χ1n) is 5.76. The van der Waals surface area contributed by atoms with Gasteiger partial charge >= 0.3 is 5.97 Å². The molecule has 0 unspecified atom stereocenters. The number of methoxy groups -OCH3 is 1. The lowest BCUT2D eigenvalue weighted by molar-refractivity contribution is -0.140. The van der Waals surface area contributed by atoms with Crippen LogP contribution in [-0.4, -0.2) is 48.4 Å². The Morgan fingerprint density at radius 2 is 2.00 bits per heavy atom. The van der Waals surface area contributed by atoms with Crippen LogP contribution in [0, 0.1) is 0 Å². The second kappa shape index (κ2) is 5.47. The molecule has 1 fully saturated rings. The van der Waals surface area contributed by atoms with Crippen LogP contribution in [-0.2, 0) is 14.8 Å². The van der Waals surface area contributed by atoms with E-state index in [1.165, 1.54) is 31.4 Å². The Morgan fingerprint density at radius 3 is 2.50 bits per heavy atom. The zero-order chi connectivity index (χ0) is 14.9. The second-order valence-electron chi connectivity index (χ2n) is 4.32. The van der Waals surface area contributed by atoms with Crippen molar-refractivity contribution < 1.29 is 23.1 Å². The van der Waals surface area contributed by atoms with Crippen LogP contribution in [0.2, 0.25) is 0 Å². The number of benzene rings is 1. The van der Waals surface area contributed by atoms with Crippen LogP contribution in [0.25, 0.3) is 0 Å². The summed E-state index contributed by atoms with van der Waals surface area (Å²) in [6.45, 7) is -0.0410. The highest BCUT2D eigenvalue weighted by Crippen LogP contribution is 2.26. The minimum absolute atomic E-state index is 0.0225. The number of hydrogen-bond donors (Lipinski definition) is 1. The van der Waals surface area contributed by atoms with E-state index >= 15 is 0 Å². The van der Waals surface area contributed by atoms with Crippen molar-refractivity contribution in [3.63, 3.8) is 0 Å². The predicted octanol–water partition coefficient (Wildman–Crippen LogP) is 0.913. The third-order valence-electron chi connectivity index (χ3n) is 3.05. The first kappa shape index (κ1) is 14.9. The van der Waals surface area contributed by atoms with E-state index in [0.717, 1.165) is 4.31 Å². The van der Waals surface area contributed by atoms with Crippen LogP contribution in [0.5, 0.6) is 5.75 Å². The van der Waals surface area contributed by atoms with Crippen molar-refractivity contribution in [2.24, 2.45) is 0 Å². The van der Waals surface area contributed by atoms with Gasteiger partial charge in [-0.25, -0.2) is 8.42 Å². The molecule has 1 saturated heterocycles. The molecule has 1 heterocycles. The third kappa shape index (κ3) is 2.67. The molecule has 0 aliphatic carbocycles. The van der Waals surface area contributed by atoms with Gasteiger partial charge in [-0.15, -0.1) is 0 Å². The van der Waals surface area contributed by atoms with Crippen LogP contribution in [0.1, 0.15) is 6.42 Å². The topological polar surface area (TPSA) is 83.9 Å². The minimum Gasteiger partial charge on any atom is -0.497 e. The standard InChI is InChI=1S/C12H13NO5S2/c1-18-8-2-4-10(5-3-8)20(16,17)13-7-9(19)6-11(13)12(14)15/h2-5,11H,6-7H2,1H3,(H,14,15)/t11-/m0/s1. The molecule has 20 heavy (non-hydrogen) atoms. The Labute approximate surface area is 122 Å². The van der Waals surface area contributed by atoms with Crippen molar-refractivity contribution in [2.45, 2.75) is 17.4 Å². The molecule has 1 aromatic rings. The van der Waals surface area contributed by atoms with Crippen molar-refractivity contribution in [1.29, 1.82) is 0 Å².